The van der Waals surface area contributed by atoms with Crippen molar-refractivity contribution in [3.8, 4) is 0 Å². The second kappa shape index (κ2) is 6.88. The summed E-state index contributed by atoms with van der Waals surface area (Å²) in [6.45, 7) is 3.88. The van der Waals surface area contributed by atoms with Gasteiger partial charge in [-0.15, -0.1) is 0 Å². The summed E-state index contributed by atoms with van der Waals surface area (Å²) in [4.78, 5) is 0. The van der Waals surface area contributed by atoms with Crippen molar-refractivity contribution in [3.05, 3.63) is 23.8 Å². The monoisotopic (exact) mass is 244 g/mol. The van der Waals surface area contributed by atoms with Crippen LogP contribution in [0, 0.1) is 0 Å². The van der Waals surface area contributed by atoms with Crippen molar-refractivity contribution in [3.63, 3.8) is 0 Å². The van der Waals surface area contributed by atoms with Gasteiger partial charge in [-0.1, -0.05) is 12.7 Å². The second-order valence-electron chi connectivity index (χ2n) is 4.07. The molecule has 1 fully saturated rings. The van der Waals surface area contributed by atoms with Gasteiger partial charge >= 0.3 is 0 Å². The lowest BCUT2D eigenvalue weighted by Gasteiger charge is -2.35. The number of aliphatic hydroxyl groups is 4. The Labute approximate surface area is 101 Å². The molecular formula is C12H20O5. The maximum Gasteiger partial charge on any atom is 0.114 e. The molecule has 0 saturated heterocycles. The van der Waals surface area contributed by atoms with E-state index in [1.54, 1.807) is 0 Å². The third-order valence-electron chi connectivity index (χ3n) is 2.84. The smallest absolute Gasteiger partial charge is 0.114 e. The van der Waals surface area contributed by atoms with Crippen molar-refractivity contribution < 1.29 is 25.2 Å². The molecule has 5 nitrogen and oxygen atoms in total. The van der Waals surface area contributed by atoms with E-state index in [1.165, 1.54) is 6.08 Å². The van der Waals surface area contributed by atoms with Crippen LogP contribution >= 0.6 is 0 Å². The highest BCUT2D eigenvalue weighted by Crippen LogP contribution is 2.30. The fourth-order valence-corrected chi connectivity index (χ4v) is 1.88. The molecule has 0 aromatic carbocycles. The van der Waals surface area contributed by atoms with E-state index in [4.69, 9.17) is 14.9 Å². The zero-order chi connectivity index (χ0) is 12.8. The third kappa shape index (κ3) is 3.62. The predicted molar refractivity (Wildman–Crippen MR) is 62.4 cm³/mol. The Kier molecular flexibility index (Phi) is 5.80. The van der Waals surface area contributed by atoms with E-state index in [2.05, 4.69) is 6.58 Å². The Morgan fingerprint density at radius 3 is 2.65 bits per heavy atom. The molecule has 98 valence electrons. The van der Waals surface area contributed by atoms with Gasteiger partial charge in [-0.2, -0.15) is 0 Å². The zero-order valence-corrected chi connectivity index (χ0v) is 9.75. The Morgan fingerprint density at radius 1 is 1.35 bits per heavy atom. The van der Waals surface area contributed by atoms with Gasteiger partial charge in [-0.3, -0.25) is 0 Å². The number of rotatable bonds is 5. The van der Waals surface area contributed by atoms with Crippen LogP contribution in [-0.2, 0) is 4.74 Å². The molecule has 17 heavy (non-hydrogen) atoms. The lowest BCUT2D eigenvalue weighted by atomic mass is 9.84. The molecule has 1 aliphatic rings. The Bertz CT molecular complexity index is 287. The van der Waals surface area contributed by atoms with Crippen LogP contribution in [0.5, 0.6) is 0 Å². The summed E-state index contributed by atoms with van der Waals surface area (Å²) < 4.78 is 5.33. The highest BCUT2D eigenvalue weighted by molar-refractivity contribution is 5.36. The van der Waals surface area contributed by atoms with E-state index >= 15 is 0 Å². The van der Waals surface area contributed by atoms with Crippen LogP contribution in [0.15, 0.2) is 23.8 Å². The molecule has 1 rings (SSSR count). The Hall–Kier alpha value is -0.720. The highest BCUT2D eigenvalue weighted by atomic mass is 16.5. The lowest BCUT2D eigenvalue weighted by Crippen LogP contribution is -2.45. The summed E-state index contributed by atoms with van der Waals surface area (Å²) in [5.41, 5.74) is 1.13. The maximum atomic E-state index is 9.93. The SMILES string of the molecule is C=C1/C(=C\CO)C[C@@H](O)[C@@H](OCCCO)[C@@H]1O. The van der Waals surface area contributed by atoms with Gasteiger partial charge in [0.25, 0.3) is 0 Å². The van der Waals surface area contributed by atoms with Crippen molar-refractivity contribution in [2.24, 2.45) is 0 Å². The summed E-state index contributed by atoms with van der Waals surface area (Å²) in [5.74, 6) is 0. The molecule has 0 aromatic heterocycles. The molecule has 1 saturated carbocycles. The number of aliphatic hydroxyl groups excluding tert-OH is 4. The van der Waals surface area contributed by atoms with Gasteiger partial charge in [-0.05, 0) is 17.6 Å². The normalized spacial score (nSPS) is 32.1. The summed E-state index contributed by atoms with van der Waals surface area (Å²) in [5, 5.41) is 37.2. The van der Waals surface area contributed by atoms with Crippen molar-refractivity contribution in [2.45, 2.75) is 31.2 Å². The highest BCUT2D eigenvalue weighted by Gasteiger charge is 2.36. The van der Waals surface area contributed by atoms with E-state index in [0.717, 1.165) is 0 Å². The van der Waals surface area contributed by atoms with E-state index in [0.29, 0.717) is 24.0 Å². The van der Waals surface area contributed by atoms with Gasteiger partial charge in [0.05, 0.1) is 12.7 Å². The van der Waals surface area contributed by atoms with Gasteiger partial charge < -0.3 is 25.2 Å². The first kappa shape index (κ1) is 14.3. The summed E-state index contributed by atoms with van der Waals surface area (Å²) in [6, 6.07) is 0. The van der Waals surface area contributed by atoms with Crippen molar-refractivity contribution in [1.82, 2.24) is 0 Å². The molecule has 0 heterocycles. The van der Waals surface area contributed by atoms with E-state index in [-0.39, 0.29) is 19.8 Å². The van der Waals surface area contributed by atoms with E-state index < -0.39 is 18.3 Å². The average molecular weight is 244 g/mol. The fraction of sp³-hybridized carbons (Fsp3) is 0.667. The minimum atomic E-state index is -0.977. The quantitative estimate of drug-likeness (QED) is 0.483. The van der Waals surface area contributed by atoms with Crippen LogP contribution in [0.25, 0.3) is 0 Å². The van der Waals surface area contributed by atoms with E-state index in [1.807, 2.05) is 0 Å². The van der Waals surface area contributed by atoms with Gasteiger partial charge in [0.2, 0.25) is 0 Å². The van der Waals surface area contributed by atoms with E-state index in [9.17, 15) is 10.2 Å². The first-order chi connectivity index (χ1) is 8.11. The molecule has 0 amide bonds. The molecule has 4 N–H and O–H groups in total. The van der Waals surface area contributed by atoms with Gasteiger partial charge in [0, 0.05) is 19.6 Å². The second-order valence-corrected chi connectivity index (χ2v) is 4.07. The topological polar surface area (TPSA) is 90.2 Å². The molecule has 0 radical (unpaired) electrons. The van der Waals surface area contributed by atoms with Crippen LogP contribution in [-0.4, -0.2) is 58.6 Å². The molecule has 3 atom stereocenters. The molecule has 0 unspecified atom stereocenters. The van der Waals surface area contributed by atoms with Crippen molar-refractivity contribution in [1.29, 1.82) is 0 Å². The predicted octanol–water partition coefficient (Wildman–Crippen LogP) is -0.646. The summed E-state index contributed by atoms with van der Waals surface area (Å²) in [7, 11) is 0. The standard InChI is InChI=1S/C12H20O5/c1-8-9(3-5-14)7-10(15)12(11(8)16)17-6-2-4-13/h3,10-16H,1-2,4-7H2/b9-3-/t10-,11-,12-/m1/s1. The number of hydrogen-bond acceptors (Lipinski definition) is 5. The molecule has 0 spiro atoms. The van der Waals surface area contributed by atoms with Crippen molar-refractivity contribution >= 4 is 0 Å². The summed E-state index contributed by atoms with van der Waals surface area (Å²) >= 11 is 0. The average Bonchev–Trinajstić information content (AvgIpc) is 2.30. The van der Waals surface area contributed by atoms with Gasteiger partial charge in [0.15, 0.2) is 0 Å². The van der Waals surface area contributed by atoms with Gasteiger partial charge in [0.1, 0.15) is 12.2 Å². The Morgan fingerprint density at radius 2 is 2.06 bits per heavy atom. The van der Waals surface area contributed by atoms with Crippen LogP contribution < -0.4 is 0 Å². The number of hydrogen-bond donors (Lipinski definition) is 4. The van der Waals surface area contributed by atoms with Gasteiger partial charge in [-0.25, -0.2) is 0 Å². The Balaban J connectivity index is 2.63. The number of ether oxygens (including phenoxy) is 1. The molecule has 1 aliphatic carbocycles. The van der Waals surface area contributed by atoms with Crippen LogP contribution in [0.4, 0.5) is 0 Å². The molecule has 0 aliphatic heterocycles. The molecule has 0 bridgehead atoms. The third-order valence-corrected chi connectivity index (χ3v) is 2.84. The fourth-order valence-electron chi connectivity index (χ4n) is 1.88. The molecule has 5 heteroatoms. The van der Waals surface area contributed by atoms with Crippen LogP contribution in [0.1, 0.15) is 12.8 Å². The van der Waals surface area contributed by atoms with Crippen LogP contribution in [0.3, 0.4) is 0 Å². The minimum absolute atomic E-state index is 0.00945. The largest absolute Gasteiger partial charge is 0.396 e. The first-order valence-electron chi connectivity index (χ1n) is 5.69. The maximum absolute atomic E-state index is 9.93. The van der Waals surface area contributed by atoms with Crippen LogP contribution in [0.2, 0.25) is 0 Å². The van der Waals surface area contributed by atoms with Crippen molar-refractivity contribution in [2.75, 3.05) is 19.8 Å². The first-order valence-corrected chi connectivity index (χ1v) is 5.69. The zero-order valence-electron chi connectivity index (χ0n) is 9.75. The summed E-state index contributed by atoms with van der Waals surface area (Å²) in [6.07, 6.45) is -0.229. The lowest BCUT2D eigenvalue weighted by molar-refractivity contribution is -0.0969. The molecular weight excluding hydrogens is 224 g/mol. The minimum Gasteiger partial charge on any atom is -0.396 e. The molecule has 0 aromatic rings.